The number of carbonyl (C=O) groups excluding carboxylic acids is 1. The molecule has 0 aliphatic heterocycles. The number of rotatable bonds is 7. The highest BCUT2D eigenvalue weighted by molar-refractivity contribution is 6.06. The molecule has 0 bridgehead atoms. The van der Waals surface area contributed by atoms with Crippen LogP contribution < -0.4 is 10.6 Å². The molecule has 2 aromatic rings. The molecule has 2 aromatic carbocycles. The number of amides is 1. The summed E-state index contributed by atoms with van der Waals surface area (Å²) in [7, 11) is 0. The largest absolute Gasteiger partial charge is 0.382 e. The van der Waals surface area contributed by atoms with Crippen molar-refractivity contribution in [1.82, 2.24) is 5.32 Å². The normalized spacial score (nSPS) is 10.2. The number of hydrogen-bond acceptors (Lipinski definition) is 2. The minimum atomic E-state index is -0.0217. The monoisotopic (exact) mass is 368 g/mol. The van der Waals surface area contributed by atoms with E-state index in [2.05, 4.69) is 56.5 Å². The molecule has 0 radical (unpaired) electrons. The lowest BCUT2D eigenvalue weighted by Gasteiger charge is -2.21. The molecule has 3 heteroatoms. The maximum absolute atomic E-state index is 12.8. The summed E-state index contributed by atoms with van der Waals surface area (Å²) in [5, 5.41) is 6.54. The molecule has 0 aliphatic carbocycles. The molecule has 0 heterocycles. The third kappa shape index (κ3) is 5.85. The third-order valence-electron chi connectivity index (χ3n) is 4.65. The van der Waals surface area contributed by atoms with Crippen molar-refractivity contribution in [2.45, 2.75) is 67.3 Å². The van der Waals surface area contributed by atoms with Crippen LogP contribution in [0, 0.1) is 13.8 Å². The number of aryl methyl sites for hydroxylation is 2. The summed E-state index contributed by atoms with van der Waals surface area (Å²) in [6.07, 6.45) is 2.05. The van der Waals surface area contributed by atoms with Gasteiger partial charge in [0.15, 0.2) is 0 Å². The molecule has 0 atom stereocenters. The smallest absolute Gasteiger partial charge is 0.254 e. The van der Waals surface area contributed by atoms with E-state index >= 15 is 0 Å². The summed E-state index contributed by atoms with van der Waals surface area (Å²) in [6.45, 7) is 15.1. The molecule has 0 saturated heterocycles. The van der Waals surface area contributed by atoms with Crippen molar-refractivity contribution in [3.63, 3.8) is 0 Å². The predicted molar refractivity (Wildman–Crippen MR) is 119 cm³/mol. The lowest BCUT2D eigenvalue weighted by atomic mass is 9.93. The quantitative estimate of drug-likeness (QED) is 0.598. The highest BCUT2D eigenvalue weighted by Gasteiger charge is 2.19. The maximum atomic E-state index is 12.8. The molecule has 0 aliphatic rings. The van der Waals surface area contributed by atoms with Crippen molar-refractivity contribution in [2.24, 2.45) is 0 Å². The van der Waals surface area contributed by atoms with Gasteiger partial charge in [-0.2, -0.15) is 0 Å². The number of carbonyl (C=O) groups is 1. The van der Waals surface area contributed by atoms with Gasteiger partial charge in [-0.3, -0.25) is 4.79 Å². The molecular weight excluding hydrogens is 332 g/mol. The van der Waals surface area contributed by atoms with Crippen molar-refractivity contribution in [2.75, 3.05) is 11.9 Å². The zero-order valence-electron chi connectivity index (χ0n) is 18.1. The van der Waals surface area contributed by atoms with E-state index in [1.165, 1.54) is 11.1 Å². The van der Waals surface area contributed by atoms with Gasteiger partial charge in [0.2, 0.25) is 0 Å². The van der Waals surface area contributed by atoms with Crippen molar-refractivity contribution < 1.29 is 4.79 Å². The average molecular weight is 369 g/mol. The predicted octanol–water partition coefficient (Wildman–Crippen LogP) is 6.35. The molecule has 1 amide bonds. The number of benzene rings is 2. The average Bonchev–Trinajstić information content (AvgIpc) is 2.67. The van der Waals surface area contributed by atoms with Crippen LogP contribution in [0.25, 0.3) is 11.1 Å². The van der Waals surface area contributed by atoms with Crippen molar-refractivity contribution >= 4 is 11.6 Å². The van der Waals surface area contributed by atoms with Crippen molar-refractivity contribution in [1.29, 1.82) is 0 Å². The van der Waals surface area contributed by atoms with Crippen LogP contribution in [-0.4, -0.2) is 18.5 Å². The fourth-order valence-electron chi connectivity index (χ4n) is 3.22. The molecule has 0 aromatic heterocycles. The van der Waals surface area contributed by atoms with Gasteiger partial charge in [-0.05, 0) is 56.4 Å². The van der Waals surface area contributed by atoms with Crippen LogP contribution >= 0.6 is 0 Å². The van der Waals surface area contributed by atoms with E-state index in [1.54, 1.807) is 0 Å². The van der Waals surface area contributed by atoms with Crippen LogP contribution in [0.1, 0.15) is 68.9 Å². The van der Waals surface area contributed by atoms with Gasteiger partial charge in [0.05, 0.1) is 5.56 Å². The zero-order chi connectivity index (χ0) is 20.4. The Hall–Kier alpha value is -2.29. The number of anilines is 1. The first-order chi connectivity index (χ1) is 13.0. The van der Waals surface area contributed by atoms with Crippen LogP contribution in [0.2, 0.25) is 0 Å². The minimum Gasteiger partial charge on any atom is -0.382 e. The van der Waals surface area contributed by atoms with Gasteiger partial charge in [-0.15, -0.1) is 0 Å². The molecular formula is C24H36N2O. The second-order valence-electron chi connectivity index (χ2n) is 6.56. The SMILES string of the molecule is CC.CCNC(=O)c1c(NC(CC)CC)cccc1-c1ccc(C)cc1C. The first kappa shape index (κ1) is 22.8. The molecule has 27 heavy (non-hydrogen) atoms. The molecule has 2 rings (SSSR count). The standard InChI is InChI=1S/C22H30N2O.C2H6/c1-6-17(7-2)24-20-11-9-10-19(21(20)22(25)23-8-3)18-13-12-15(4)14-16(18)5;1-2/h9-14,17,24H,6-8H2,1-5H3,(H,23,25);1-2H3. The summed E-state index contributed by atoms with van der Waals surface area (Å²) in [5.74, 6) is -0.0217. The second kappa shape index (κ2) is 11.4. The Kier molecular flexibility index (Phi) is 9.63. The zero-order valence-corrected chi connectivity index (χ0v) is 18.1. The molecule has 0 saturated carbocycles. The fourth-order valence-corrected chi connectivity index (χ4v) is 3.22. The van der Waals surface area contributed by atoms with E-state index in [-0.39, 0.29) is 5.91 Å². The molecule has 3 nitrogen and oxygen atoms in total. The van der Waals surface area contributed by atoms with E-state index < -0.39 is 0 Å². The lowest BCUT2D eigenvalue weighted by molar-refractivity contribution is 0.0957. The van der Waals surface area contributed by atoms with E-state index in [0.29, 0.717) is 12.6 Å². The topological polar surface area (TPSA) is 41.1 Å². The highest BCUT2D eigenvalue weighted by Crippen LogP contribution is 2.32. The van der Waals surface area contributed by atoms with E-state index in [9.17, 15) is 4.79 Å². The van der Waals surface area contributed by atoms with Gasteiger partial charge in [0.25, 0.3) is 5.91 Å². The van der Waals surface area contributed by atoms with E-state index in [4.69, 9.17) is 0 Å². The molecule has 0 spiro atoms. The van der Waals surface area contributed by atoms with E-state index in [0.717, 1.165) is 35.2 Å². The Morgan fingerprint density at radius 2 is 1.63 bits per heavy atom. The molecule has 148 valence electrons. The second-order valence-corrected chi connectivity index (χ2v) is 6.56. The Morgan fingerprint density at radius 1 is 0.963 bits per heavy atom. The highest BCUT2D eigenvalue weighted by atomic mass is 16.1. The first-order valence-electron chi connectivity index (χ1n) is 10.3. The van der Waals surface area contributed by atoms with Gasteiger partial charge in [0.1, 0.15) is 0 Å². The van der Waals surface area contributed by atoms with Gasteiger partial charge >= 0.3 is 0 Å². The Balaban J connectivity index is 0.00000176. The Morgan fingerprint density at radius 3 is 2.19 bits per heavy atom. The van der Waals surface area contributed by atoms with Gasteiger partial charge < -0.3 is 10.6 Å². The number of nitrogens with one attached hydrogen (secondary N) is 2. The summed E-state index contributed by atoms with van der Waals surface area (Å²) in [4.78, 5) is 12.8. The summed E-state index contributed by atoms with van der Waals surface area (Å²) >= 11 is 0. The Bertz CT molecular complexity index is 733. The van der Waals surface area contributed by atoms with Crippen molar-refractivity contribution in [3.8, 4) is 11.1 Å². The lowest BCUT2D eigenvalue weighted by Crippen LogP contribution is -2.26. The molecule has 0 unspecified atom stereocenters. The number of hydrogen-bond donors (Lipinski definition) is 2. The molecule has 0 fully saturated rings. The van der Waals surface area contributed by atoms with Crippen LogP contribution in [0.3, 0.4) is 0 Å². The first-order valence-corrected chi connectivity index (χ1v) is 10.3. The van der Waals surface area contributed by atoms with Gasteiger partial charge in [-0.25, -0.2) is 0 Å². The van der Waals surface area contributed by atoms with Gasteiger partial charge in [0, 0.05) is 18.3 Å². The van der Waals surface area contributed by atoms with E-state index in [1.807, 2.05) is 39.0 Å². The maximum Gasteiger partial charge on any atom is 0.254 e. The summed E-state index contributed by atoms with van der Waals surface area (Å²) < 4.78 is 0. The Labute approximate surface area is 165 Å². The van der Waals surface area contributed by atoms with Crippen LogP contribution in [0.15, 0.2) is 36.4 Å². The summed E-state index contributed by atoms with van der Waals surface area (Å²) in [5.41, 5.74) is 6.16. The van der Waals surface area contributed by atoms with Crippen LogP contribution in [0.5, 0.6) is 0 Å². The van der Waals surface area contributed by atoms with Crippen LogP contribution in [0.4, 0.5) is 5.69 Å². The molecule has 2 N–H and O–H groups in total. The van der Waals surface area contributed by atoms with Crippen LogP contribution in [-0.2, 0) is 0 Å². The fraction of sp³-hybridized carbons (Fsp3) is 0.458. The minimum absolute atomic E-state index is 0.0217. The van der Waals surface area contributed by atoms with Gasteiger partial charge in [-0.1, -0.05) is 63.6 Å². The van der Waals surface area contributed by atoms with Crippen molar-refractivity contribution in [3.05, 3.63) is 53.1 Å². The third-order valence-corrected chi connectivity index (χ3v) is 4.65. The summed E-state index contributed by atoms with van der Waals surface area (Å²) in [6, 6.07) is 12.8.